The van der Waals surface area contributed by atoms with Crippen LogP contribution in [0.2, 0.25) is 0 Å². The Kier molecular flexibility index (Phi) is 15.8. The van der Waals surface area contributed by atoms with E-state index in [4.69, 9.17) is 15.2 Å². The number of carbonyl (C=O) groups is 3. The summed E-state index contributed by atoms with van der Waals surface area (Å²) in [6.45, 7) is 3.47. The first-order chi connectivity index (χ1) is 18.4. The zero-order valence-corrected chi connectivity index (χ0v) is 24.7. The average Bonchev–Trinajstić information content (AvgIpc) is 3.11. The second kappa shape index (κ2) is 18.5. The van der Waals surface area contributed by atoms with Crippen molar-refractivity contribution >= 4 is 41.9 Å². The summed E-state index contributed by atoms with van der Waals surface area (Å²) in [5, 5.41) is 3.84. The smallest absolute Gasteiger partial charge is 0.307 e. The van der Waals surface area contributed by atoms with E-state index in [1.165, 1.54) is 6.42 Å². The Balaban J connectivity index is 1.82. The van der Waals surface area contributed by atoms with Gasteiger partial charge in [0, 0.05) is 43.5 Å². The molecule has 0 spiro atoms. The first-order valence-corrected chi connectivity index (χ1v) is 16.2. The number of esters is 1. The second-order valence-electron chi connectivity index (χ2n) is 9.71. The molecule has 0 radical (unpaired) electrons. The van der Waals surface area contributed by atoms with Crippen molar-refractivity contribution in [3.05, 3.63) is 35.4 Å². The summed E-state index contributed by atoms with van der Waals surface area (Å²) in [6.07, 6.45) is 8.91. The lowest BCUT2D eigenvalue weighted by Gasteiger charge is -2.29. The van der Waals surface area contributed by atoms with Crippen LogP contribution in [0.3, 0.4) is 0 Å². The Morgan fingerprint density at radius 2 is 1.95 bits per heavy atom. The summed E-state index contributed by atoms with van der Waals surface area (Å²) in [6, 6.07) is 7.98. The Bertz CT molecular complexity index is 860. The highest BCUT2D eigenvalue weighted by Gasteiger charge is 2.29. The maximum Gasteiger partial charge on any atom is 0.307 e. The molecule has 0 aliphatic carbocycles. The number of nitrogens with zero attached hydrogens (tertiary/aromatic N) is 1. The predicted molar refractivity (Wildman–Crippen MR) is 156 cm³/mol. The van der Waals surface area contributed by atoms with Gasteiger partial charge in [-0.25, -0.2) is 0 Å². The van der Waals surface area contributed by atoms with E-state index in [1.807, 2.05) is 54.7 Å². The van der Waals surface area contributed by atoms with Crippen LogP contribution in [-0.4, -0.2) is 78.9 Å². The molecule has 0 aromatic heterocycles. The van der Waals surface area contributed by atoms with Gasteiger partial charge in [0.15, 0.2) is 12.5 Å². The minimum Gasteiger partial charge on any atom is -0.446 e. The van der Waals surface area contributed by atoms with E-state index in [1.54, 1.807) is 4.90 Å². The molecule has 1 aliphatic heterocycles. The second-order valence-corrected chi connectivity index (χ2v) is 11.8. The van der Waals surface area contributed by atoms with Crippen molar-refractivity contribution in [2.24, 2.45) is 11.7 Å². The Morgan fingerprint density at radius 1 is 1.18 bits per heavy atom. The molecule has 4 unspecified atom stereocenters. The van der Waals surface area contributed by atoms with Crippen molar-refractivity contribution in [2.75, 3.05) is 37.9 Å². The number of carbonyl (C=O) groups excluding carboxylic acids is 3. The standard InChI is InChI=1S/C28H45N3O5S2/c1-21(19-29)28(36-27(34)11-7-6-10-24(38-3)14-17-37-2)30-15-12-25(33)31-16-13-22-8-4-5-9-23(22)18-26(31)35-20-32/h4-5,8-9,20-21,24,26,28,30H,6-7,10-19,29H2,1-3H3. The Hall–Kier alpha value is -1.75. The van der Waals surface area contributed by atoms with Crippen LogP contribution in [0.25, 0.3) is 0 Å². The first kappa shape index (κ1) is 32.5. The molecule has 4 atom stereocenters. The van der Waals surface area contributed by atoms with Crippen molar-refractivity contribution in [3.63, 3.8) is 0 Å². The summed E-state index contributed by atoms with van der Waals surface area (Å²) < 4.78 is 11.0. The molecular weight excluding hydrogens is 522 g/mol. The molecule has 38 heavy (non-hydrogen) atoms. The average molecular weight is 568 g/mol. The van der Waals surface area contributed by atoms with Crippen molar-refractivity contribution in [1.29, 1.82) is 0 Å². The van der Waals surface area contributed by atoms with E-state index in [0.717, 1.165) is 36.1 Å². The number of fused-ring (bicyclic) bond motifs is 1. The van der Waals surface area contributed by atoms with Crippen molar-refractivity contribution < 1.29 is 23.9 Å². The van der Waals surface area contributed by atoms with Gasteiger partial charge in [0.1, 0.15) is 0 Å². The topological polar surface area (TPSA) is 111 Å². The van der Waals surface area contributed by atoms with Gasteiger partial charge in [-0.3, -0.25) is 19.7 Å². The first-order valence-electron chi connectivity index (χ1n) is 13.5. The summed E-state index contributed by atoms with van der Waals surface area (Å²) in [5.41, 5.74) is 8.10. The third-order valence-electron chi connectivity index (χ3n) is 6.98. The highest BCUT2D eigenvalue weighted by Crippen LogP contribution is 2.22. The molecule has 1 heterocycles. The highest BCUT2D eigenvalue weighted by molar-refractivity contribution is 7.99. The van der Waals surface area contributed by atoms with Crippen molar-refractivity contribution in [3.8, 4) is 0 Å². The van der Waals surface area contributed by atoms with E-state index in [-0.39, 0.29) is 24.2 Å². The minimum atomic E-state index is -0.633. The van der Waals surface area contributed by atoms with Gasteiger partial charge in [-0.05, 0) is 61.6 Å². The van der Waals surface area contributed by atoms with E-state index >= 15 is 0 Å². The fraction of sp³-hybridized carbons (Fsp3) is 0.679. The van der Waals surface area contributed by atoms with Gasteiger partial charge < -0.3 is 20.1 Å². The van der Waals surface area contributed by atoms with E-state index < -0.39 is 12.5 Å². The van der Waals surface area contributed by atoms with Crippen LogP contribution in [-0.2, 0) is 36.7 Å². The summed E-state index contributed by atoms with van der Waals surface area (Å²) in [4.78, 5) is 38.4. The molecule has 8 nitrogen and oxygen atoms in total. The minimum absolute atomic E-state index is 0.0969. The third-order valence-corrected chi connectivity index (χ3v) is 8.76. The summed E-state index contributed by atoms with van der Waals surface area (Å²) >= 11 is 3.77. The van der Waals surface area contributed by atoms with Gasteiger partial charge >= 0.3 is 5.97 Å². The fourth-order valence-electron chi connectivity index (χ4n) is 4.57. The van der Waals surface area contributed by atoms with Gasteiger partial charge in [0.2, 0.25) is 5.91 Å². The normalized spacial score (nSPS) is 17.6. The molecule has 1 aromatic carbocycles. The largest absolute Gasteiger partial charge is 0.446 e. The van der Waals surface area contributed by atoms with E-state index in [2.05, 4.69) is 17.8 Å². The molecule has 0 saturated carbocycles. The van der Waals surface area contributed by atoms with Crippen LogP contribution >= 0.6 is 23.5 Å². The quantitative estimate of drug-likeness (QED) is 0.119. The Morgan fingerprint density at radius 3 is 2.63 bits per heavy atom. The number of unbranched alkanes of at least 4 members (excludes halogenated alkanes) is 1. The van der Waals surface area contributed by atoms with Gasteiger partial charge in [-0.15, -0.1) is 0 Å². The maximum absolute atomic E-state index is 13.1. The molecule has 0 saturated heterocycles. The molecule has 214 valence electrons. The molecule has 1 amide bonds. The van der Waals surface area contributed by atoms with Crippen LogP contribution in [0.5, 0.6) is 0 Å². The van der Waals surface area contributed by atoms with Crippen molar-refractivity contribution in [1.82, 2.24) is 10.2 Å². The van der Waals surface area contributed by atoms with E-state index in [0.29, 0.717) is 50.6 Å². The number of hydrogen-bond acceptors (Lipinski definition) is 9. The number of nitrogens with two attached hydrogens (primary N) is 1. The number of hydrogen-bond donors (Lipinski definition) is 2. The number of ether oxygens (including phenoxy) is 2. The van der Waals surface area contributed by atoms with Gasteiger partial charge in [0.05, 0.1) is 0 Å². The lowest BCUT2D eigenvalue weighted by Crippen LogP contribution is -2.46. The van der Waals surface area contributed by atoms with Crippen LogP contribution in [0, 0.1) is 5.92 Å². The maximum atomic E-state index is 13.1. The zero-order chi connectivity index (χ0) is 27.8. The van der Waals surface area contributed by atoms with E-state index in [9.17, 15) is 14.4 Å². The number of benzene rings is 1. The molecular formula is C28H45N3O5S2. The highest BCUT2D eigenvalue weighted by atomic mass is 32.2. The SMILES string of the molecule is CSCCC(CCCCC(=O)OC(NCCC(=O)N1CCc2ccccc2CC1OC=O)C(C)CN)SC. The number of amides is 1. The summed E-state index contributed by atoms with van der Waals surface area (Å²) in [5.74, 6) is 0.702. The number of nitrogens with one attached hydrogen (secondary N) is 1. The Labute approximate surface area is 236 Å². The molecule has 10 heteroatoms. The molecule has 3 N–H and O–H groups in total. The van der Waals surface area contributed by atoms with Gasteiger partial charge in [0.25, 0.3) is 6.47 Å². The molecule has 1 aromatic rings. The zero-order valence-electron chi connectivity index (χ0n) is 23.1. The van der Waals surface area contributed by atoms with Crippen LogP contribution < -0.4 is 11.1 Å². The van der Waals surface area contributed by atoms with Crippen molar-refractivity contribution in [2.45, 2.75) is 76.0 Å². The van der Waals surface area contributed by atoms with Gasteiger partial charge in [-0.2, -0.15) is 23.5 Å². The fourth-order valence-corrected chi connectivity index (χ4v) is 6.00. The molecule has 2 rings (SSSR count). The molecule has 0 fully saturated rings. The van der Waals surface area contributed by atoms with Crippen LogP contribution in [0.4, 0.5) is 0 Å². The molecule has 1 aliphatic rings. The number of thioether (sulfide) groups is 2. The number of rotatable bonds is 18. The lowest BCUT2D eigenvalue weighted by atomic mass is 10.0. The van der Waals surface area contributed by atoms with Gasteiger partial charge in [-0.1, -0.05) is 37.6 Å². The monoisotopic (exact) mass is 567 g/mol. The lowest BCUT2D eigenvalue weighted by molar-refractivity contribution is -0.154. The predicted octanol–water partition coefficient (Wildman–Crippen LogP) is 3.60. The van der Waals surface area contributed by atoms with Crippen LogP contribution in [0.1, 0.15) is 56.6 Å². The third kappa shape index (κ3) is 11.2. The van der Waals surface area contributed by atoms with Crippen LogP contribution in [0.15, 0.2) is 24.3 Å². The summed E-state index contributed by atoms with van der Waals surface area (Å²) in [7, 11) is 0. The molecule has 0 bridgehead atoms.